The summed E-state index contributed by atoms with van der Waals surface area (Å²) < 4.78 is 66.2. The summed E-state index contributed by atoms with van der Waals surface area (Å²) in [6.45, 7) is 3.45. The molecule has 1 aliphatic rings. The van der Waals surface area contributed by atoms with Crippen LogP contribution in [0.25, 0.3) is 11.6 Å². The molecule has 0 aromatic heterocycles. The van der Waals surface area contributed by atoms with Crippen LogP contribution in [0.2, 0.25) is 0 Å². The molecule has 0 saturated carbocycles. The molecular formula is C24H19F3N2O4S. The van der Waals surface area contributed by atoms with Gasteiger partial charge in [0.25, 0.3) is 15.9 Å². The van der Waals surface area contributed by atoms with Crippen LogP contribution >= 0.6 is 0 Å². The second kappa shape index (κ2) is 8.21. The summed E-state index contributed by atoms with van der Waals surface area (Å²) in [5, 5.41) is 12.7. The molecule has 3 aromatic rings. The number of benzene rings is 3. The van der Waals surface area contributed by atoms with E-state index in [1.165, 1.54) is 18.2 Å². The number of amides is 1. The Bertz CT molecular complexity index is 1420. The molecule has 10 heteroatoms. The quantitative estimate of drug-likeness (QED) is 0.433. The summed E-state index contributed by atoms with van der Waals surface area (Å²) in [6, 6.07) is 11.1. The lowest BCUT2D eigenvalue weighted by Gasteiger charge is -2.11. The van der Waals surface area contributed by atoms with E-state index in [1.807, 2.05) is 0 Å². The highest BCUT2D eigenvalue weighted by atomic mass is 32.2. The molecule has 0 atom stereocenters. The topological polar surface area (TPSA) is 95.5 Å². The first-order valence-corrected chi connectivity index (χ1v) is 11.5. The van der Waals surface area contributed by atoms with E-state index in [9.17, 15) is 31.5 Å². The molecule has 176 valence electrons. The van der Waals surface area contributed by atoms with Gasteiger partial charge < -0.3 is 10.4 Å². The number of carbonyl (C=O) groups is 1. The summed E-state index contributed by atoms with van der Waals surface area (Å²) in [4.78, 5) is 12.4. The van der Waals surface area contributed by atoms with Gasteiger partial charge in [-0.25, -0.2) is 8.42 Å². The molecule has 0 bridgehead atoms. The Morgan fingerprint density at radius 1 is 0.971 bits per heavy atom. The molecule has 1 amide bonds. The number of hydrogen-bond donors (Lipinski definition) is 3. The van der Waals surface area contributed by atoms with Crippen molar-refractivity contribution in [1.29, 1.82) is 0 Å². The number of aryl methyl sites for hydroxylation is 2. The van der Waals surface area contributed by atoms with Crippen LogP contribution < -0.4 is 10.0 Å². The number of halogens is 3. The zero-order chi connectivity index (χ0) is 24.8. The number of fused-ring (bicyclic) bond motifs is 1. The third-order valence-corrected chi connectivity index (χ3v) is 6.75. The molecule has 0 radical (unpaired) electrons. The Balaban J connectivity index is 1.68. The molecule has 6 nitrogen and oxygen atoms in total. The van der Waals surface area contributed by atoms with Crippen molar-refractivity contribution >= 4 is 39.0 Å². The van der Waals surface area contributed by atoms with Gasteiger partial charge in [0.2, 0.25) is 0 Å². The Kier molecular flexibility index (Phi) is 5.64. The maximum atomic E-state index is 12.9. The van der Waals surface area contributed by atoms with Crippen LogP contribution in [0.15, 0.2) is 59.5 Å². The van der Waals surface area contributed by atoms with E-state index >= 15 is 0 Å². The average molecular weight is 488 g/mol. The summed E-state index contributed by atoms with van der Waals surface area (Å²) in [6.07, 6.45) is -2.94. The predicted molar refractivity (Wildman–Crippen MR) is 123 cm³/mol. The minimum absolute atomic E-state index is 0.0338. The zero-order valence-electron chi connectivity index (χ0n) is 18.0. The highest BCUT2D eigenvalue weighted by molar-refractivity contribution is 7.92. The summed E-state index contributed by atoms with van der Waals surface area (Å²) >= 11 is 0. The number of alkyl halides is 3. The second-order valence-electron chi connectivity index (χ2n) is 7.90. The molecule has 34 heavy (non-hydrogen) atoms. The van der Waals surface area contributed by atoms with Gasteiger partial charge in [0, 0.05) is 22.5 Å². The fraction of sp³-hybridized carbons (Fsp3) is 0.125. The molecule has 0 saturated heterocycles. The van der Waals surface area contributed by atoms with E-state index in [4.69, 9.17) is 0 Å². The normalized spacial score (nSPS) is 14.7. The number of aromatic hydroxyl groups is 1. The lowest BCUT2D eigenvalue weighted by atomic mass is 10.0. The number of phenolic OH excluding ortho intramolecular Hbond substituents is 1. The first-order chi connectivity index (χ1) is 15.8. The fourth-order valence-electron chi connectivity index (χ4n) is 3.66. The van der Waals surface area contributed by atoms with Crippen LogP contribution in [0.5, 0.6) is 5.75 Å². The van der Waals surface area contributed by atoms with Gasteiger partial charge in [0.15, 0.2) is 0 Å². The van der Waals surface area contributed by atoms with Gasteiger partial charge in [-0.1, -0.05) is 0 Å². The Morgan fingerprint density at radius 3 is 2.18 bits per heavy atom. The maximum absolute atomic E-state index is 12.9. The summed E-state index contributed by atoms with van der Waals surface area (Å²) in [5.74, 6) is -0.259. The fourth-order valence-corrected chi connectivity index (χ4v) is 4.74. The number of sulfonamides is 1. The van der Waals surface area contributed by atoms with Crippen molar-refractivity contribution in [3.63, 3.8) is 0 Å². The molecule has 0 aliphatic carbocycles. The molecular weight excluding hydrogens is 469 g/mol. The minimum Gasteiger partial charge on any atom is -0.507 e. The third-order valence-electron chi connectivity index (χ3n) is 5.37. The van der Waals surface area contributed by atoms with E-state index in [1.54, 1.807) is 32.1 Å². The number of anilines is 2. The van der Waals surface area contributed by atoms with E-state index in [0.29, 0.717) is 27.9 Å². The smallest absolute Gasteiger partial charge is 0.416 e. The van der Waals surface area contributed by atoms with Crippen molar-refractivity contribution in [3.05, 3.63) is 82.4 Å². The maximum Gasteiger partial charge on any atom is 0.416 e. The van der Waals surface area contributed by atoms with Gasteiger partial charge >= 0.3 is 6.18 Å². The Labute approximate surface area is 193 Å². The molecule has 3 N–H and O–H groups in total. The zero-order valence-corrected chi connectivity index (χ0v) is 18.8. The van der Waals surface area contributed by atoms with E-state index in [0.717, 1.165) is 24.3 Å². The predicted octanol–water partition coefficient (Wildman–Crippen LogP) is 5.32. The van der Waals surface area contributed by atoms with Gasteiger partial charge in [0.05, 0.1) is 10.5 Å². The SMILES string of the molecule is Cc1cc(C=C2C(=O)Nc3ccc(S(=O)(=O)Nc4ccc(C(F)(F)F)cc4)cc32)cc(C)c1O. The van der Waals surface area contributed by atoms with Crippen LogP contribution in [0.4, 0.5) is 24.5 Å². The average Bonchev–Trinajstić information content (AvgIpc) is 3.06. The monoisotopic (exact) mass is 488 g/mol. The highest BCUT2D eigenvalue weighted by Crippen LogP contribution is 2.36. The number of rotatable bonds is 4. The molecule has 0 unspecified atom stereocenters. The summed E-state index contributed by atoms with van der Waals surface area (Å²) in [5.41, 5.74) is 2.01. The lowest BCUT2D eigenvalue weighted by Crippen LogP contribution is -2.13. The molecule has 1 heterocycles. The Morgan fingerprint density at radius 2 is 1.59 bits per heavy atom. The van der Waals surface area contributed by atoms with Crippen molar-refractivity contribution in [3.8, 4) is 5.75 Å². The van der Waals surface area contributed by atoms with Crippen LogP contribution in [0.1, 0.15) is 27.8 Å². The molecule has 1 aliphatic heterocycles. The Hall–Kier alpha value is -3.79. The van der Waals surface area contributed by atoms with Gasteiger partial charge in [-0.3, -0.25) is 9.52 Å². The van der Waals surface area contributed by atoms with E-state index in [2.05, 4.69) is 10.0 Å². The van der Waals surface area contributed by atoms with E-state index < -0.39 is 27.7 Å². The van der Waals surface area contributed by atoms with Crippen LogP contribution in [-0.2, 0) is 21.0 Å². The number of phenols is 1. The molecule has 3 aromatic carbocycles. The van der Waals surface area contributed by atoms with Gasteiger partial charge in [-0.2, -0.15) is 13.2 Å². The van der Waals surface area contributed by atoms with Crippen LogP contribution in [0.3, 0.4) is 0 Å². The van der Waals surface area contributed by atoms with Gasteiger partial charge in [-0.15, -0.1) is 0 Å². The first kappa shape index (κ1) is 23.4. The number of nitrogens with one attached hydrogen (secondary N) is 2. The first-order valence-electron chi connectivity index (χ1n) is 10.0. The molecule has 0 fully saturated rings. The van der Waals surface area contributed by atoms with Crippen molar-refractivity contribution in [2.45, 2.75) is 24.9 Å². The molecule has 0 spiro atoms. The third kappa shape index (κ3) is 4.49. The van der Waals surface area contributed by atoms with Crippen molar-refractivity contribution < 1.29 is 31.5 Å². The second-order valence-corrected chi connectivity index (χ2v) is 9.59. The standard InChI is InChI=1S/C24H19F3N2O4S/c1-13-9-15(10-14(2)22(13)30)11-20-19-12-18(7-8-21(19)28-23(20)31)34(32,33)29-17-5-3-16(4-6-17)24(25,26)27/h3-12,29-30H,1-2H3,(H,28,31). The van der Waals surface area contributed by atoms with Crippen molar-refractivity contribution in [1.82, 2.24) is 0 Å². The number of hydrogen-bond acceptors (Lipinski definition) is 4. The van der Waals surface area contributed by atoms with Gasteiger partial charge in [-0.05, 0) is 91.2 Å². The van der Waals surface area contributed by atoms with E-state index in [-0.39, 0.29) is 21.9 Å². The van der Waals surface area contributed by atoms with Crippen molar-refractivity contribution in [2.24, 2.45) is 0 Å². The number of carbonyl (C=O) groups excluding carboxylic acids is 1. The van der Waals surface area contributed by atoms with Crippen LogP contribution in [0, 0.1) is 13.8 Å². The minimum atomic E-state index is -4.53. The summed E-state index contributed by atoms with van der Waals surface area (Å²) in [7, 11) is -4.15. The largest absolute Gasteiger partial charge is 0.507 e. The van der Waals surface area contributed by atoms with Crippen molar-refractivity contribution in [2.75, 3.05) is 10.0 Å². The van der Waals surface area contributed by atoms with Gasteiger partial charge in [0.1, 0.15) is 5.75 Å². The van der Waals surface area contributed by atoms with Crippen LogP contribution in [-0.4, -0.2) is 19.4 Å². The molecule has 4 rings (SSSR count). The highest BCUT2D eigenvalue weighted by Gasteiger charge is 2.30. The lowest BCUT2D eigenvalue weighted by molar-refractivity contribution is -0.137.